The molecule has 1 atom stereocenters. The zero-order valence-corrected chi connectivity index (χ0v) is 16.8. The minimum absolute atomic E-state index is 0.0438. The SMILES string of the molecule is CCC1(C(=O)NS(=O)(=O)c2cccc3nsnc23)CCc2c(Cl)cccc21. The number of carbonyl (C=O) groups excluding carboxylic acids is 1. The Labute approximate surface area is 165 Å². The molecular formula is C18H16ClN3O3S2. The van der Waals surface area contributed by atoms with Crippen LogP contribution in [-0.2, 0) is 26.7 Å². The Morgan fingerprint density at radius 2 is 2.04 bits per heavy atom. The van der Waals surface area contributed by atoms with E-state index in [-0.39, 0.29) is 10.4 Å². The maximum atomic E-state index is 13.2. The maximum absolute atomic E-state index is 13.2. The Morgan fingerprint density at radius 3 is 2.81 bits per heavy atom. The van der Waals surface area contributed by atoms with E-state index in [9.17, 15) is 13.2 Å². The Kier molecular flexibility index (Phi) is 4.44. The molecule has 27 heavy (non-hydrogen) atoms. The molecule has 140 valence electrons. The standard InChI is InChI=1S/C18H16ClN3O3S2/c1-2-18(10-9-11-12(18)5-3-6-13(11)19)17(23)22-27(24,25)15-8-4-7-14-16(15)21-26-20-14/h3-8H,2,9-10H2,1H3,(H,22,23). The quantitative estimate of drug-likeness (QED) is 0.696. The summed E-state index contributed by atoms with van der Waals surface area (Å²) in [5, 5.41) is 0.608. The third-order valence-electron chi connectivity index (χ3n) is 5.24. The van der Waals surface area contributed by atoms with Crippen molar-refractivity contribution in [3.05, 3.63) is 52.5 Å². The molecule has 2 aromatic carbocycles. The van der Waals surface area contributed by atoms with Crippen LogP contribution >= 0.6 is 23.3 Å². The van der Waals surface area contributed by atoms with E-state index in [1.807, 2.05) is 13.0 Å². The van der Waals surface area contributed by atoms with Gasteiger partial charge in [-0.1, -0.05) is 36.7 Å². The molecule has 1 N–H and O–H groups in total. The largest absolute Gasteiger partial charge is 0.273 e. The molecule has 4 rings (SSSR count). The van der Waals surface area contributed by atoms with Crippen LogP contribution < -0.4 is 4.72 Å². The fourth-order valence-corrected chi connectivity index (χ4v) is 5.86. The number of benzene rings is 2. The van der Waals surface area contributed by atoms with Gasteiger partial charge >= 0.3 is 0 Å². The lowest BCUT2D eigenvalue weighted by atomic mass is 9.79. The highest BCUT2D eigenvalue weighted by molar-refractivity contribution is 7.90. The number of hydrogen-bond acceptors (Lipinski definition) is 6. The lowest BCUT2D eigenvalue weighted by molar-refractivity contribution is -0.125. The Hall–Kier alpha value is -2.03. The molecule has 0 saturated heterocycles. The van der Waals surface area contributed by atoms with Crippen LogP contribution in [0.3, 0.4) is 0 Å². The number of carbonyl (C=O) groups is 1. The number of amides is 1. The topological polar surface area (TPSA) is 89.0 Å². The van der Waals surface area contributed by atoms with Crippen molar-refractivity contribution >= 4 is 50.3 Å². The number of rotatable bonds is 4. The molecule has 1 aliphatic rings. The van der Waals surface area contributed by atoms with Gasteiger partial charge in [0.1, 0.15) is 15.9 Å². The Morgan fingerprint density at radius 1 is 1.26 bits per heavy atom. The van der Waals surface area contributed by atoms with Gasteiger partial charge in [0.15, 0.2) is 0 Å². The molecule has 0 saturated carbocycles. The van der Waals surface area contributed by atoms with Gasteiger partial charge in [-0.25, -0.2) is 13.1 Å². The summed E-state index contributed by atoms with van der Waals surface area (Å²) in [5.74, 6) is -0.536. The van der Waals surface area contributed by atoms with E-state index >= 15 is 0 Å². The molecular weight excluding hydrogens is 406 g/mol. The first-order valence-electron chi connectivity index (χ1n) is 8.45. The summed E-state index contributed by atoms with van der Waals surface area (Å²) in [5.41, 5.74) is 1.56. The van der Waals surface area contributed by atoms with Gasteiger partial charge in [0, 0.05) is 5.02 Å². The van der Waals surface area contributed by atoms with E-state index in [1.54, 1.807) is 24.3 Å². The molecule has 0 aliphatic heterocycles. The molecule has 9 heteroatoms. The van der Waals surface area contributed by atoms with Gasteiger partial charge in [0.05, 0.1) is 17.1 Å². The van der Waals surface area contributed by atoms with Crippen molar-refractivity contribution in [3.63, 3.8) is 0 Å². The zero-order chi connectivity index (χ0) is 19.2. The highest BCUT2D eigenvalue weighted by Gasteiger charge is 2.45. The van der Waals surface area contributed by atoms with Crippen molar-refractivity contribution in [2.45, 2.75) is 36.5 Å². The second-order valence-electron chi connectivity index (χ2n) is 6.52. The zero-order valence-electron chi connectivity index (χ0n) is 14.4. The minimum atomic E-state index is -4.08. The average molecular weight is 422 g/mol. The average Bonchev–Trinajstić information content (AvgIpc) is 3.26. The first-order valence-corrected chi connectivity index (χ1v) is 11.0. The summed E-state index contributed by atoms with van der Waals surface area (Å²) in [4.78, 5) is 13.1. The predicted octanol–water partition coefficient (Wildman–Crippen LogP) is 3.44. The van der Waals surface area contributed by atoms with Crippen LogP contribution in [0.25, 0.3) is 11.0 Å². The van der Waals surface area contributed by atoms with Crippen LogP contribution in [-0.4, -0.2) is 23.1 Å². The van der Waals surface area contributed by atoms with E-state index < -0.39 is 21.3 Å². The van der Waals surface area contributed by atoms with E-state index in [0.29, 0.717) is 29.8 Å². The maximum Gasteiger partial charge on any atom is 0.266 e. The molecule has 0 radical (unpaired) electrons. The normalized spacial score (nSPS) is 19.2. The summed E-state index contributed by atoms with van der Waals surface area (Å²) in [6, 6.07) is 10.1. The van der Waals surface area contributed by atoms with Crippen LogP contribution in [0.2, 0.25) is 5.02 Å². The first kappa shape index (κ1) is 18.3. The lowest BCUT2D eigenvalue weighted by Crippen LogP contribution is -2.45. The van der Waals surface area contributed by atoms with Crippen molar-refractivity contribution < 1.29 is 13.2 Å². The number of halogens is 1. The predicted molar refractivity (Wildman–Crippen MR) is 104 cm³/mol. The van der Waals surface area contributed by atoms with Gasteiger partial charge in [-0.05, 0) is 48.6 Å². The van der Waals surface area contributed by atoms with E-state index in [2.05, 4.69) is 13.5 Å². The summed E-state index contributed by atoms with van der Waals surface area (Å²) >= 11 is 7.21. The van der Waals surface area contributed by atoms with E-state index in [1.165, 1.54) is 6.07 Å². The van der Waals surface area contributed by atoms with Crippen LogP contribution in [0.4, 0.5) is 0 Å². The number of fused-ring (bicyclic) bond motifs is 2. The molecule has 1 unspecified atom stereocenters. The minimum Gasteiger partial charge on any atom is -0.273 e. The molecule has 0 fully saturated rings. The third-order valence-corrected chi connectivity index (χ3v) is 7.50. The smallest absolute Gasteiger partial charge is 0.266 e. The van der Waals surface area contributed by atoms with Gasteiger partial charge in [-0.15, -0.1) is 0 Å². The number of nitrogens with zero attached hydrogens (tertiary/aromatic N) is 2. The monoisotopic (exact) mass is 421 g/mol. The molecule has 1 aromatic heterocycles. The van der Waals surface area contributed by atoms with Crippen molar-refractivity contribution in [1.29, 1.82) is 0 Å². The number of hydrogen-bond donors (Lipinski definition) is 1. The van der Waals surface area contributed by atoms with Crippen molar-refractivity contribution in [1.82, 2.24) is 13.5 Å². The van der Waals surface area contributed by atoms with Crippen LogP contribution in [0.5, 0.6) is 0 Å². The lowest BCUT2D eigenvalue weighted by Gasteiger charge is -2.27. The van der Waals surface area contributed by atoms with Crippen LogP contribution in [0.1, 0.15) is 30.9 Å². The van der Waals surface area contributed by atoms with Crippen molar-refractivity contribution in [2.24, 2.45) is 0 Å². The van der Waals surface area contributed by atoms with Crippen LogP contribution in [0.15, 0.2) is 41.3 Å². The van der Waals surface area contributed by atoms with Crippen LogP contribution in [0, 0.1) is 0 Å². The van der Waals surface area contributed by atoms with E-state index in [4.69, 9.17) is 11.6 Å². The summed E-state index contributed by atoms with van der Waals surface area (Å²) < 4.78 is 36.2. The fraction of sp³-hybridized carbons (Fsp3) is 0.278. The summed E-state index contributed by atoms with van der Waals surface area (Å²) in [6.07, 6.45) is 1.64. The molecule has 3 aromatic rings. The molecule has 1 aliphatic carbocycles. The summed E-state index contributed by atoms with van der Waals surface area (Å²) in [6.45, 7) is 1.88. The number of nitrogens with one attached hydrogen (secondary N) is 1. The summed E-state index contributed by atoms with van der Waals surface area (Å²) in [7, 11) is -4.08. The molecule has 0 spiro atoms. The second kappa shape index (κ2) is 6.54. The highest BCUT2D eigenvalue weighted by Crippen LogP contribution is 2.44. The van der Waals surface area contributed by atoms with Gasteiger partial charge in [0.25, 0.3) is 10.0 Å². The highest BCUT2D eigenvalue weighted by atomic mass is 35.5. The van der Waals surface area contributed by atoms with Crippen molar-refractivity contribution in [2.75, 3.05) is 0 Å². The molecule has 0 bridgehead atoms. The Balaban J connectivity index is 1.74. The number of aromatic nitrogens is 2. The fourth-order valence-electron chi connectivity index (χ4n) is 3.77. The number of sulfonamides is 1. The first-order chi connectivity index (χ1) is 12.9. The Bertz CT molecular complexity index is 1160. The second-order valence-corrected chi connectivity index (χ2v) is 9.11. The van der Waals surface area contributed by atoms with Gasteiger partial charge < -0.3 is 0 Å². The molecule has 6 nitrogen and oxygen atoms in total. The molecule has 1 heterocycles. The van der Waals surface area contributed by atoms with Crippen molar-refractivity contribution in [3.8, 4) is 0 Å². The van der Waals surface area contributed by atoms with Gasteiger partial charge in [-0.2, -0.15) is 8.75 Å². The van der Waals surface area contributed by atoms with Gasteiger partial charge in [0.2, 0.25) is 5.91 Å². The van der Waals surface area contributed by atoms with Gasteiger partial charge in [-0.3, -0.25) is 4.79 Å². The van der Waals surface area contributed by atoms with E-state index in [0.717, 1.165) is 22.9 Å². The molecule has 1 amide bonds. The third kappa shape index (κ3) is 2.83.